The van der Waals surface area contributed by atoms with Crippen molar-refractivity contribution < 1.29 is 0 Å². The molecule has 116 valence electrons. The second-order valence-electron chi connectivity index (χ2n) is 5.59. The molecule has 1 aromatic carbocycles. The Kier molecular flexibility index (Phi) is 4.48. The molecule has 1 saturated heterocycles. The highest BCUT2D eigenvalue weighted by Gasteiger charge is 2.16. The molecule has 6 nitrogen and oxygen atoms in total. The van der Waals surface area contributed by atoms with Gasteiger partial charge in [-0.05, 0) is 26.0 Å². The van der Waals surface area contributed by atoms with E-state index in [1.807, 2.05) is 24.0 Å². The first-order chi connectivity index (χ1) is 10.7. The van der Waals surface area contributed by atoms with Gasteiger partial charge in [-0.25, -0.2) is 4.68 Å². The van der Waals surface area contributed by atoms with E-state index < -0.39 is 0 Å². The van der Waals surface area contributed by atoms with Crippen molar-refractivity contribution in [3.8, 4) is 5.69 Å². The summed E-state index contributed by atoms with van der Waals surface area (Å²) < 4.78 is 1.84. The molecule has 0 saturated carbocycles. The van der Waals surface area contributed by atoms with Crippen molar-refractivity contribution in [2.24, 2.45) is 5.10 Å². The summed E-state index contributed by atoms with van der Waals surface area (Å²) in [6.45, 7) is 8.83. The maximum atomic E-state index is 4.33. The Labute approximate surface area is 131 Å². The molecule has 0 bridgehead atoms. The highest BCUT2D eigenvalue weighted by molar-refractivity contribution is 5.52. The van der Waals surface area contributed by atoms with Crippen LogP contribution in [0, 0.1) is 6.92 Å². The van der Waals surface area contributed by atoms with Crippen LogP contribution >= 0.6 is 0 Å². The summed E-state index contributed by atoms with van der Waals surface area (Å²) in [5.74, 6) is 0. The van der Waals surface area contributed by atoms with Crippen LogP contribution in [0.15, 0.2) is 35.6 Å². The number of hydrogen-bond donors (Lipinski definition) is 0. The van der Waals surface area contributed by atoms with Gasteiger partial charge in [-0.2, -0.15) is 5.10 Å². The summed E-state index contributed by atoms with van der Waals surface area (Å²) in [6, 6.07) is 8.30. The molecular formula is C16H22N6. The SMILES string of the molecule is C/C=N/N1CCN(Cc2cn(-c3ccc(C)cc3)nn2)CC1. The normalized spacial score (nSPS) is 16.5. The molecule has 1 aromatic heterocycles. The van der Waals surface area contributed by atoms with Crippen molar-refractivity contribution in [2.75, 3.05) is 26.2 Å². The summed E-state index contributed by atoms with van der Waals surface area (Å²) in [5.41, 5.74) is 3.30. The summed E-state index contributed by atoms with van der Waals surface area (Å²) in [4.78, 5) is 2.39. The van der Waals surface area contributed by atoms with Gasteiger partial charge in [-0.1, -0.05) is 22.9 Å². The van der Waals surface area contributed by atoms with Gasteiger partial charge >= 0.3 is 0 Å². The van der Waals surface area contributed by atoms with Gasteiger partial charge in [0.25, 0.3) is 0 Å². The molecule has 0 spiro atoms. The topological polar surface area (TPSA) is 49.5 Å². The van der Waals surface area contributed by atoms with E-state index in [-0.39, 0.29) is 0 Å². The van der Waals surface area contributed by atoms with Crippen LogP contribution in [0.4, 0.5) is 0 Å². The number of piperazine rings is 1. The lowest BCUT2D eigenvalue weighted by molar-refractivity contribution is 0.130. The summed E-state index contributed by atoms with van der Waals surface area (Å²) >= 11 is 0. The number of benzene rings is 1. The van der Waals surface area contributed by atoms with Crippen LogP contribution in [0.1, 0.15) is 18.2 Å². The molecule has 2 heterocycles. The Bertz CT molecular complexity index is 622. The lowest BCUT2D eigenvalue weighted by atomic mass is 10.2. The second-order valence-corrected chi connectivity index (χ2v) is 5.59. The first-order valence-corrected chi connectivity index (χ1v) is 7.69. The van der Waals surface area contributed by atoms with Crippen LogP contribution < -0.4 is 0 Å². The van der Waals surface area contributed by atoms with Gasteiger partial charge in [0, 0.05) is 38.9 Å². The zero-order valence-electron chi connectivity index (χ0n) is 13.2. The van der Waals surface area contributed by atoms with Crippen molar-refractivity contribution in [1.29, 1.82) is 0 Å². The lowest BCUT2D eigenvalue weighted by Crippen LogP contribution is -2.43. The molecule has 0 amide bonds. The van der Waals surface area contributed by atoms with Gasteiger partial charge < -0.3 is 0 Å². The van der Waals surface area contributed by atoms with Crippen molar-refractivity contribution in [3.63, 3.8) is 0 Å². The zero-order chi connectivity index (χ0) is 15.4. The predicted octanol–water partition coefficient (Wildman–Crippen LogP) is 1.70. The van der Waals surface area contributed by atoms with E-state index in [0.717, 1.165) is 44.1 Å². The average molecular weight is 298 g/mol. The minimum absolute atomic E-state index is 0.843. The number of rotatable bonds is 4. The third-order valence-electron chi connectivity index (χ3n) is 3.85. The number of aromatic nitrogens is 3. The monoisotopic (exact) mass is 298 g/mol. The third kappa shape index (κ3) is 3.51. The van der Waals surface area contributed by atoms with E-state index in [0.29, 0.717) is 0 Å². The van der Waals surface area contributed by atoms with Crippen LogP contribution in [0.2, 0.25) is 0 Å². The van der Waals surface area contributed by atoms with Crippen LogP contribution in [0.3, 0.4) is 0 Å². The molecule has 1 aliphatic rings. The molecule has 0 atom stereocenters. The molecule has 3 rings (SSSR count). The van der Waals surface area contributed by atoms with Crippen LogP contribution in [0.5, 0.6) is 0 Å². The molecule has 6 heteroatoms. The molecular weight excluding hydrogens is 276 g/mol. The van der Waals surface area contributed by atoms with E-state index >= 15 is 0 Å². The van der Waals surface area contributed by atoms with Gasteiger partial charge in [0.1, 0.15) is 0 Å². The minimum atomic E-state index is 0.843. The quantitative estimate of drug-likeness (QED) is 0.806. The van der Waals surface area contributed by atoms with Gasteiger partial charge in [-0.3, -0.25) is 9.91 Å². The number of hydrogen-bond acceptors (Lipinski definition) is 5. The van der Waals surface area contributed by atoms with Gasteiger partial charge in [0.2, 0.25) is 0 Å². The first-order valence-electron chi connectivity index (χ1n) is 7.69. The first kappa shape index (κ1) is 14.7. The molecule has 0 radical (unpaired) electrons. The summed E-state index contributed by atoms with van der Waals surface area (Å²) in [7, 11) is 0. The molecule has 0 aliphatic carbocycles. The van der Waals surface area contributed by atoms with Crippen LogP contribution in [-0.4, -0.2) is 57.3 Å². The van der Waals surface area contributed by atoms with E-state index in [9.17, 15) is 0 Å². The maximum absolute atomic E-state index is 4.33. The van der Waals surface area contributed by atoms with E-state index in [4.69, 9.17) is 0 Å². The average Bonchev–Trinajstić information content (AvgIpc) is 2.99. The highest BCUT2D eigenvalue weighted by Crippen LogP contribution is 2.11. The maximum Gasteiger partial charge on any atom is 0.0971 e. The molecule has 1 fully saturated rings. The minimum Gasteiger partial charge on any atom is -0.295 e. The van der Waals surface area contributed by atoms with E-state index in [1.54, 1.807) is 0 Å². The Morgan fingerprint density at radius 2 is 1.86 bits per heavy atom. The predicted molar refractivity (Wildman–Crippen MR) is 87.1 cm³/mol. The van der Waals surface area contributed by atoms with Gasteiger partial charge in [0.15, 0.2) is 0 Å². The molecule has 2 aromatic rings. The molecule has 22 heavy (non-hydrogen) atoms. The molecule has 1 aliphatic heterocycles. The van der Waals surface area contributed by atoms with Crippen LogP contribution in [0.25, 0.3) is 5.69 Å². The molecule has 0 N–H and O–H groups in total. The highest BCUT2D eigenvalue weighted by atomic mass is 15.5. The summed E-state index contributed by atoms with van der Waals surface area (Å²) in [6.07, 6.45) is 3.87. The Balaban J connectivity index is 1.59. The van der Waals surface area contributed by atoms with Gasteiger partial charge in [-0.15, -0.1) is 5.10 Å². The summed E-state index contributed by atoms with van der Waals surface area (Å²) in [5, 5.41) is 15.0. The smallest absolute Gasteiger partial charge is 0.0971 e. The van der Waals surface area contributed by atoms with E-state index in [1.165, 1.54) is 5.56 Å². The standard InChI is InChI=1S/C16H22N6/c1-3-17-21-10-8-20(9-11-21)12-15-13-22(19-18-15)16-6-4-14(2)5-7-16/h3-7,13H,8-12H2,1-2H3/b17-3+. The van der Waals surface area contributed by atoms with E-state index in [2.05, 4.69) is 56.5 Å². The number of nitrogens with zero attached hydrogens (tertiary/aromatic N) is 6. The number of hydrazone groups is 1. The Morgan fingerprint density at radius 1 is 1.14 bits per heavy atom. The van der Waals surface area contributed by atoms with Crippen LogP contribution in [-0.2, 0) is 6.54 Å². The fraction of sp³-hybridized carbons (Fsp3) is 0.438. The number of aryl methyl sites for hydroxylation is 1. The van der Waals surface area contributed by atoms with Crippen molar-refractivity contribution in [2.45, 2.75) is 20.4 Å². The van der Waals surface area contributed by atoms with Crippen molar-refractivity contribution in [3.05, 3.63) is 41.7 Å². The Morgan fingerprint density at radius 3 is 2.55 bits per heavy atom. The fourth-order valence-electron chi connectivity index (χ4n) is 2.60. The fourth-order valence-corrected chi connectivity index (χ4v) is 2.60. The van der Waals surface area contributed by atoms with Gasteiger partial charge in [0.05, 0.1) is 17.6 Å². The van der Waals surface area contributed by atoms with Crippen molar-refractivity contribution in [1.82, 2.24) is 24.9 Å². The largest absolute Gasteiger partial charge is 0.295 e. The zero-order valence-corrected chi connectivity index (χ0v) is 13.2. The molecule has 0 unspecified atom stereocenters. The second kappa shape index (κ2) is 6.70. The third-order valence-corrected chi connectivity index (χ3v) is 3.85. The van der Waals surface area contributed by atoms with Crippen molar-refractivity contribution >= 4 is 6.21 Å². The Hall–Kier alpha value is -2.21. The lowest BCUT2D eigenvalue weighted by Gasteiger charge is -2.32.